The number of hydrogen-bond acceptors (Lipinski definition) is 8. The van der Waals surface area contributed by atoms with E-state index < -0.39 is 11.7 Å². The van der Waals surface area contributed by atoms with Crippen LogP contribution in [0, 0.1) is 5.41 Å². The van der Waals surface area contributed by atoms with Gasteiger partial charge in [-0.1, -0.05) is 41.6 Å². The van der Waals surface area contributed by atoms with Crippen molar-refractivity contribution in [2.24, 2.45) is 11.0 Å². The van der Waals surface area contributed by atoms with Crippen molar-refractivity contribution < 1.29 is 19.1 Å². The number of nitrogens with zero attached hydrogens (tertiary/aromatic N) is 3. The Kier molecular flexibility index (Phi) is 7.87. The highest BCUT2D eigenvalue weighted by Crippen LogP contribution is 2.20. The minimum atomic E-state index is -1.35. The number of nitrogens with two attached hydrogens (primary N) is 1. The number of amides is 1. The van der Waals surface area contributed by atoms with Crippen molar-refractivity contribution in [3.63, 3.8) is 0 Å². The lowest BCUT2D eigenvalue weighted by atomic mass is 10.1. The zero-order valence-electron chi connectivity index (χ0n) is 18.2. The zero-order valence-corrected chi connectivity index (χ0v) is 18.2. The molecule has 0 bridgehead atoms. The molecule has 1 aromatic carbocycles. The number of aromatic nitrogens is 1. The summed E-state index contributed by atoms with van der Waals surface area (Å²) in [5.41, 5.74) is 1.52. The Morgan fingerprint density at radius 2 is 1.91 bits per heavy atom. The second-order valence-corrected chi connectivity index (χ2v) is 7.36. The molecule has 0 unspecified atom stereocenters. The first-order valence-corrected chi connectivity index (χ1v) is 10.3. The van der Waals surface area contributed by atoms with Gasteiger partial charge < -0.3 is 19.6 Å². The Bertz CT molecular complexity index is 956. The van der Waals surface area contributed by atoms with Crippen LogP contribution >= 0.6 is 0 Å². The van der Waals surface area contributed by atoms with Gasteiger partial charge in [-0.2, -0.15) is 0 Å². The van der Waals surface area contributed by atoms with Crippen molar-refractivity contribution in [2.45, 2.75) is 32.2 Å². The SMILES string of the molecule is CN(N)C(=N)/C(=N\OCc1cccc(NC(=O)C2(C)OCCCCO2)n1)c1ccccc1. The number of benzene rings is 1. The average Bonchev–Trinajstić information content (AvgIpc) is 3.02. The quantitative estimate of drug-likeness (QED) is 0.260. The third kappa shape index (κ3) is 6.10. The number of oxime groups is 1. The lowest BCUT2D eigenvalue weighted by molar-refractivity contribution is -0.208. The molecule has 3 rings (SSSR count). The van der Waals surface area contributed by atoms with E-state index in [1.54, 1.807) is 32.2 Å². The molecule has 10 nitrogen and oxygen atoms in total. The van der Waals surface area contributed by atoms with Crippen LogP contribution in [-0.2, 0) is 25.7 Å². The number of nitrogens with one attached hydrogen (secondary N) is 2. The van der Waals surface area contributed by atoms with Crippen LogP contribution in [0.15, 0.2) is 53.7 Å². The van der Waals surface area contributed by atoms with Crippen molar-refractivity contribution in [1.29, 1.82) is 5.41 Å². The van der Waals surface area contributed by atoms with Crippen molar-refractivity contribution in [2.75, 3.05) is 25.6 Å². The second-order valence-electron chi connectivity index (χ2n) is 7.36. The molecule has 1 aliphatic heterocycles. The summed E-state index contributed by atoms with van der Waals surface area (Å²) >= 11 is 0. The molecule has 170 valence electrons. The van der Waals surface area contributed by atoms with Gasteiger partial charge in [0.05, 0.1) is 18.9 Å². The molecule has 2 aromatic rings. The van der Waals surface area contributed by atoms with Gasteiger partial charge in [-0.25, -0.2) is 10.8 Å². The van der Waals surface area contributed by atoms with Gasteiger partial charge in [-0.05, 0) is 31.9 Å². The average molecular weight is 441 g/mol. The number of rotatable bonds is 7. The zero-order chi connectivity index (χ0) is 23.0. The normalized spacial score (nSPS) is 16.0. The molecular weight excluding hydrogens is 412 g/mol. The maximum atomic E-state index is 12.7. The topological polar surface area (TPSA) is 135 Å². The molecule has 0 saturated carbocycles. The maximum Gasteiger partial charge on any atom is 0.285 e. The minimum Gasteiger partial charge on any atom is -0.389 e. The van der Waals surface area contributed by atoms with Crippen LogP contribution in [0.1, 0.15) is 31.0 Å². The Labute approximate surface area is 186 Å². The number of amidine groups is 1. The lowest BCUT2D eigenvalue weighted by Crippen LogP contribution is -2.45. The summed E-state index contributed by atoms with van der Waals surface area (Å²) in [6, 6.07) is 14.3. The summed E-state index contributed by atoms with van der Waals surface area (Å²) in [6.45, 7) is 2.55. The maximum absolute atomic E-state index is 12.7. The van der Waals surface area contributed by atoms with Gasteiger partial charge in [-0.3, -0.25) is 15.2 Å². The first-order valence-electron chi connectivity index (χ1n) is 10.3. The molecule has 0 spiro atoms. The predicted molar refractivity (Wildman–Crippen MR) is 120 cm³/mol. The van der Waals surface area contributed by atoms with E-state index in [4.69, 9.17) is 25.6 Å². The molecule has 1 aromatic heterocycles. The number of carbonyl (C=O) groups excluding carboxylic acids is 1. The molecule has 4 N–H and O–H groups in total. The van der Waals surface area contributed by atoms with E-state index in [0.29, 0.717) is 30.3 Å². The number of hydrazine groups is 1. The summed E-state index contributed by atoms with van der Waals surface area (Å²) in [6.07, 6.45) is 1.69. The van der Waals surface area contributed by atoms with E-state index in [1.807, 2.05) is 30.3 Å². The van der Waals surface area contributed by atoms with Gasteiger partial charge in [0.2, 0.25) is 5.79 Å². The first kappa shape index (κ1) is 23.3. The molecule has 1 saturated heterocycles. The molecule has 0 radical (unpaired) electrons. The fourth-order valence-corrected chi connectivity index (χ4v) is 2.93. The summed E-state index contributed by atoms with van der Waals surface area (Å²) in [5, 5.41) is 16.2. The first-order chi connectivity index (χ1) is 15.4. The smallest absolute Gasteiger partial charge is 0.285 e. The number of ether oxygens (including phenoxy) is 2. The standard InChI is InChI=1S/C22H28N6O4/c1-22(30-13-6-7-14-31-22)21(29)26-18-12-8-11-17(25-18)15-32-27-19(20(23)28(2)24)16-9-4-3-5-10-16/h3-5,8-12,23H,6-7,13-15,24H2,1-2H3,(H,25,26,29)/b23-20?,27-19-. The molecule has 1 aliphatic rings. The Morgan fingerprint density at radius 3 is 2.56 bits per heavy atom. The second kappa shape index (κ2) is 10.8. The van der Waals surface area contributed by atoms with Crippen LogP contribution < -0.4 is 11.2 Å². The van der Waals surface area contributed by atoms with Crippen LogP contribution in [0.2, 0.25) is 0 Å². The summed E-state index contributed by atoms with van der Waals surface area (Å²) in [4.78, 5) is 22.5. The van der Waals surface area contributed by atoms with Gasteiger partial charge in [0.15, 0.2) is 18.2 Å². The molecule has 32 heavy (non-hydrogen) atoms. The van der Waals surface area contributed by atoms with Crippen LogP contribution in [0.5, 0.6) is 0 Å². The molecule has 0 atom stereocenters. The van der Waals surface area contributed by atoms with E-state index in [9.17, 15) is 4.79 Å². The molecule has 10 heteroatoms. The number of carbonyl (C=O) groups is 1. The van der Waals surface area contributed by atoms with Crippen molar-refractivity contribution >= 4 is 23.3 Å². The lowest BCUT2D eigenvalue weighted by Gasteiger charge is -2.26. The third-order valence-corrected chi connectivity index (χ3v) is 4.75. The summed E-state index contributed by atoms with van der Waals surface area (Å²) in [5.74, 6) is 4.27. The summed E-state index contributed by atoms with van der Waals surface area (Å²) < 4.78 is 11.2. The number of anilines is 1. The van der Waals surface area contributed by atoms with Crippen molar-refractivity contribution in [3.8, 4) is 0 Å². The Morgan fingerprint density at radius 1 is 1.22 bits per heavy atom. The molecule has 2 heterocycles. The highest BCUT2D eigenvalue weighted by atomic mass is 16.7. The number of hydrogen-bond donors (Lipinski definition) is 3. The van der Waals surface area contributed by atoms with E-state index in [1.165, 1.54) is 0 Å². The van der Waals surface area contributed by atoms with E-state index >= 15 is 0 Å². The van der Waals surface area contributed by atoms with E-state index in [0.717, 1.165) is 17.9 Å². The van der Waals surface area contributed by atoms with E-state index in [2.05, 4.69) is 15.5 Å². The molecule has 1 fully saturated rings. The molecule has 1 amide bonds. The highest BCUT2D eigenvalue weighted by Gasteiger charge is 2.37. The fourth-order valence-electron chi connectivity index (χ4n) is 2.93. The van der Waals surface area contributed by atoms with Gasteiger partial charge in [0.25, 0.3) is 5.91 Å². The fraction of sp³-hybridized carbons (Fsp3) is 0.364. The van der Waals surface area contributed by atoms with Crippen LogP contribution in [-0.4, -0.2) is 53.5 Å². The number of likely N-dealkylation sites (N-methyl/N-ethyl adjacent to an activating group) is 1. The predicted octanol–water partition coefficient (Wildman–Crippen LogP) is 2.27. The van der Waals surface area contributed by atoms with Crippen molar-refractivity contribution in [1.82, 2.24) is 9.99 Å². The highest BCUT2D eigenvalue weighted by molar-refractivity contribution is 6.46. The van der Waals surface area contributed by atoms with Gasteiger partial charge in [0.1, 0.15) is 5.82 Å². The molecule has 0 aliphatic carbocycles. The Balaban J connectivity index is 1.67. The van der Waals surface area contributed by atoms with Crippen LogP contribution in [0.25, 0.3) is 0 Å². The summed E-state index contributed by atoms with van der Waals surface area (Å²) in [7, 11) is 1.55. The largest absolute Gasteiger partial charge is 0.389 e. The third-order valence-electron chi connectivity index (χ3n) is 4.75. The van der Waals surface area contributed by atoms with Crippen LogP contribution in [0.3, 0.4) is 0 Å². The van der Waals surface area contributed by atoms with Crippen LogP contribution in [0.4, 0.5) is 5.82 Å². The van der Waals surface area contributed by atoms with Gasteiger partial charge in [0, 0.05) is 12.6 Å². The van der Waals surface area contributed by atoms with E-state index in [-0.39, 0.29) is 18.2 Å². The Hall–Kier alpha value is -3.34. The monoisotopic (exact) mass is 440 g/mol. The minimum absolute atomic E-state index is 0.00168. The number of pyridine rings is 1. The molecular formula is C22H28N6O4. The van der Waals surface area contributed by atoms with Gasteiger partial charge in [-0.15, -0.1) is 0 Å². The van der Waals surface area contributed by atoms with Crippen molar-refractivity contribution in [3.05, 3.63) is 59.8 Å². The van der Waals surface area contributed by atoms with Gasteiger partial charge >= 0.3 is 0 Å².